The summed E-state index contributed by atoms with van der Waals surface area (Å²) in [5, 5.41) is 0.127. The lowest BCUT2D eigenvalue weighted by Crippen LogP contribution is -2.39. The third-order valence-electron chi connectivity index (χ3n) is 5.23. The number of hydrogen-bond acceptors (Lipinski definition) is 3. The molecule has 0 bridgehead atoms. The van der Waals surface area contributed by atoms with Crippen LogP contribution in [0.3, 0.4) is 0 Å². The van der Waals surface area contributed by atoms with Gasteiger partial charge in [-0.05, 0) is 29.8 Å². The van der Waals surface area contributed by atoms with Gasteiger partial charge in [0, 0.05) is 34.7 Å². The van der Waals surface area contributed by atoms with E-state index in [9.17, 15) is 4.79 Å². The molecule has 1 heterocycles. The second kappa shape index (κ2) is 7.34. The number of rotatable bonds is 4. The van der Waals surface area contributed by atoms with Crippen LogP contribution in [0.4, 0.5) is 4.39 Å². The number of ether oxygens (including phenoxy) is 1. The van der Waals surface area contributed by atoms with Crippen LogP contribution in [-0.2, 0) is 12.0 Å². The largest absolute Gasteiger partial charge is 0.481 e. The molecule has 4 N–H and O–H groups in total. The molecule has 1 amide bonds. The molecule has 3 aromatic rings. The van der Waals surface area contributed by atoms with Crippen molar-refractivity contribution in [3.05, 3.63) is 87.2 Å². The van der Waals surface area contributed by atoms with E-state index in [1.54, 1.807) is 12.1 Å². The van der Waals surface area contributed by atoms with Gasteiger partial charge < -0.3 is 16.2 Å². The third-order valence-corrected chi connectivity index (χ3v) is 5.83. The summed E-state index contributed by atoms with van der Waals surface area (Å²) in [6, 6.07) is 15.5. The number of halogens is 3. The van der Waals surface area contributed by atoms with Crippen LogP contribution in [0.2, 0.25) is 10.0 Å². The Kier molecular flexibility index (Phi) is 4.99. The first-order valence-corrected chi connectivity index (χ1v) is 9.67. The Labute approximate surface area is 177 Å². The molecule has 4 rings (SSSR count). The Morgan fingerprint density at radius 1 is 1.03 bits per heavy atom. The van der Waals surface area contributed by atoms with Gasteiger partial charge >= 0.3 is 0 Å². The highest BCUT2D eigenvalue weighted by Gasteiger charge is 2.42. The maximum absolute atomic E-state index is 15.1. The smallest absolute Gasteiger partial charge is 0.249 e. The Bertz CT molecular complexity index is 1120. The maximum atomic E-state index is 15.1. The van der Waals surface area contributed by atoms with Crippen molar-refractivity contribution in [3.63, 3.8) is 0 Å². The molecule has 1 aliphatic rings. The van der Waals surface area contributed by atoms with Crippen molar-refractivity contribution in [2.24, 2.45) is 11.5 Å². The predicted octanol–water partition coefficient (Wildman–Crippen LogP) is 4.69. The SMILES string of the molecule is NCC1(c2ccccc2)Cc2c(ccc(Cl)c2-c2c(C(N)=O)ccc(Cl)c2F)O1. The molecular weight excluding hydrogens is 414 g/mol. The van der Waals surface area contributed by atoms with Crippen LogP contribution in [0.15, 0.2) is 54.6 Å². The number of carbonyl (C=O) groups is 1. The van der Waals surface area contributed by atoms with Crippen molar-refractivity contribution in [1.82, 2.24) is 0 Å². The van der Waals surface area contributed by atoms with Crippen LogP contribution < -0.4 is 16.2 Å². The molecule has 148 valence electrons. The summed E-state index contributed by atoms with van der Waals surface area (Å²) < 4.78 is 21.4. The first kappa shape index (κ1) is 19.7. The van der Waals surface area contributed by atoms with Gasteiger partial charge in [-0.25, -0.2) is 4.39 Å². The first-order chi connectivity index (χ1) is 13.9. The van der Waals surface area contributed by atoms with Gasteiger partial charge in [-0.15, -0.1) is 0 Å². The number of nitrogens with two attached hydrogens (primary N) is 2. The van der Waals surface area contributed by atoms with Crippen molar-refractivity contribution in [3.8, 4) is 16.9 Å². The summed E-state index contributed by atoms with van der Waals surface area (Å²) >= 11 is 12.5. The quantitative estimate of drug-likeness (QED) is 0.629. The van der Waals surface area contributed by atoms with Crippen LogP contribution in [0.1, 0.15) is 21.5 Å². The molecule has 3 aromatic carbocycles. The van der Waals surface area contributed by atoms with Gasteiger partial charge in [0.2, 0.25) is 5.91 Å². The average Bonchev–Trinajstić information content (AvgIpc) is 3.11. The molecule has 0 radical (unpaired) electrons. The van der Waals surface area contributed by atoms with E-state index in [1.165, 1.54) is 12.1 Å². The average molecular weight is 431 g/mol. The fraction of sp³-hybridized carbons (Fsp3) is 0.136. The summed E-state index contributed by atoms with van der Waals surface area (Å²) in [6.07, 6.45) is 0.350. The zero-order valence-corrected chi connectivity index (χ0v) is 16.7. The van der Waals surface area contributed by atoms with Crippen LogP contribution in [0.25, 0.3) is 11.1 Å². The molecule has 1 atom stereocenters. The highest BCUT2D eigenvalue weighted by atomic mass is 35.5. The van der Waals surface area contributed by atoms with Crippen LogP contribution >= 0.6 is 23.2 Å². The Hall–Kier alpha value is -2.60. The van der Waals surface area contributed by atoms with E-state index in [2.05, 4.69) is 0 Å². The standard InChI is InChI=1S/C22H17Cl2FN2O2/c23-15-8-9-17-14(10-22(11-26,29-17)12-4-2-1-3-5-12)18(15)19-13(21(27)28)6-7-16(24)20(19)25/h1-9H,10-11,26H2,(H2,27,28). The summed E-state index contributed by atoms with van der Waals surface area (Å²) in [6.45, 7) is 0.198. The minimum Gasteiger partial charge on any atom is -0.481 e. The molecule has 0 aromatic heterocycles. The monoisotopic (exact) mass is 430 g/mol. The van der Waals surface area contributed by atoms with Crippen molar-refractivity contribution in [2.75, 3.05) is 6.54 Å². The van der Waals surface area contributed by atoms with E-state index < -0.39 is 17.3 Å². The maximum Gasteiger partial charge on any atom is 0.249 e. The van der Waals surface area contributed by atoms with Crippen LogP contribution in [0.5, 0.6) is 5.75 Å². The molecule has 4 nitrogen and oxygen atoms in total. The lowest BCUT2D eigenvalue weighted by atomic mass is 9.85. The minimum atomic E-state index is -0.828. The minimum absolute atomic E-state index is 0.00726. The number of hydrogen-bond donors (Lipinski definition) is 2. The first-order valence-electron chi connectivity index (χ1n) is 8.92. The van der Waals surface area contributed by atoms with E-state index in [-0.39, 0.29) is 27.7 Å². The summed E-state index contributed by atoms with van der Waals surface area (Å²) in [5.41, 5.74) is 12.6. The fourth-order valence-electron chi connectivity index (χ4n) is 3.81. The number of carbonyl (C=O) groups excluding carboxylic acids is 1. The van der Waals surface area contributed by atoms with Gasteiger partial charge in [-0.1, -0.05) is 53.5 Å². The van der Waals surface area contributed by atoms with Crippen molar-refractivity contribution >= 4 is 29.1 Å². The van der Waals surface area contributed by atoms with Crippen LogP contribution in [-0.4, -0.2) is 12.5 Å². The molecule has 0 saturated carbocycles. The van der Waals surface area contributed by atoms with Gasteiger partial charge in [0.25, 0.3) is 0 Å². The van der Waals surface area contributed by atoms with Gasteiger partial charge in [0.15, 0.2) is 5.60 Å². The second-order valence-corrected chi connectivity index (χ2v) is 7.70. The number of fused-ring (bicyclic) bond motifs is 1. The van der Waals surface area contributed by atoms with Crippen molar-refractivity contribution in [1.29, 1.82) is 0 Å². The topological polar surface area (TPSA) is 78.3 Å². The van der Waals surface area contributed by atoms with E-state index in [1.807, 2.05) is 30.3 Å². The molecule has 0 spiro atoms. The molecular formula is C22H17Cl2FN2O2. The van der Waals surface area contributed by atoms with E-state index in [0.29, 0.717) is 23.3 Å². The van der Waals surface area contributed by atoms with Crippen molar-refractivity contribution in [2.45, 2.75) is 12.0 Å². The molecule has 0 fully saturated rings. The molecule has 0 aliphatic carbocycles. The summed E-state index contributed by atoms with van der Waals surface area (Å²) in [5.74, 6) is -1.02. The molecule has 29 heavy (non-hydrogen) atoms. The predicted molar refractivity (Wildman–Crippen MR) is 112 cm³/mol. The van der Waals surface area contributed by atoms with Crippen molar-refractivity contribution < 1.29 is 13.9 Å². The Balaban J connectivity index is 1.96. The Morgan fingerprint density at radius 3 is 2.38 bits per heavy atom. The number of amides is 1. The normalized spacial score (nSPS) is 17.7. The zero-order valence-electron chi connectivity index (χ0n) is 15.2. The van der Waals surface area contributed by atoms with E-state index >= 15 is 4.39 Å². The highest BCUT2D eigenvalue weighted by molar-refractivity contribution is 6.34. The molecule has 1 unspecified atom stereocenters. The fourth-order valence-corrected chi connectivity index (χ4v) is 4.24. The van der Waals surface area contributed by atoms with Gasteiger partial charge in [-0.3, -0.25) is 4.79 Å². The van der Waals surface area contributed by atoms with E-state index in [4.69, 9.17) is 39.4 Å². The van der Waals surface area contributed by atoms with Crippen LogP contribution in [0, 0.1) is 5.82 Å². The zero-order chi connectivity index (χ0) is 20.8. The molecule has 7 heteroatoms. The number of benzene rings is 3. The lowest BCUT2D eigenvalue weighted by molar-refractivity contribution is 0.1000. The third kappa shape index (κ3) is 3.15. The van der Waals surface area contributed by atoms with Gasteiger partial charge in [0.1, 0.15) is 11.6 Å². The summed E-state index contributed by atoms with van der Waals surface area (Å²) in [7, 11) is 0. The van der Waals surface area contributed by atoms with E-state index in [0.717, 1.165) is 5.56 Å². The van der Waals surface area contributed by atoms with Gasteiger partial charge in [0.05, 0.1) is 10.6 Å². The number of primary amides is 1. The lowest BCUT2D eigenvalue weighted by Gasteiger charge is -2.27. The Morgan fingerprint density at radius 2 is 1.72 bits per heavy atom. The molecule has 0 saturated heterocycles. The highest BCUT2D eigenvalue weighted by Crippen LogP contribution is 2.49. The van der Waals surface area contributed by atoms with Gasteiger partial charge in [-0.2, -0.15) is 0 Å². The molecule has 1 aliphatic heterocycles. The second-order valence-electron chi connectivity index (χ2n) is 6.89. The summed E-state index contributed by atoms with van der Waals surface area (Å²) in [4.78, 5) is 12.0.